The molecule has 4 nitrogen and oxygen atoms in total. The summed E-state index contributed by atoms with van der Waals surface area (Å²) in [5.74, 6) is 2.53. The van der Waals surface area contributed by atoms with Crippen LogP contribution in [0.4, 0.5) is 0 Å². The van der Waals surface area contributed by atoms with Gasteiger partial charge in [-0.05, 0) is 43.7 Å². The molecule has 0 aliphatic heterocycles. The first kappa shape index (κ1) is 14.6. The van der Waals surface area contributed by atoms with Crippen LogP contribution in [0, 0.1) is 6.92 Å². The lowest BCUT2D eigenvalue weighted by atomic mass is 10.1. The molecule has 108 valence electrons. The molecule has 0 amide bonds. The average molecular weight is 275 g/mol. The summed E-state index contributed by atoms with van der Waals surface area (Å²) in [7, 11) is 1.63. The summed E-state index contributed by atoms with van der Waals surface area (Å²) < 4.78 is 10.8. The van der Waals surface area contributed by atoms with Crippen LogP contribution in [-0.2, 0) is 0 Å². The number of hydrogen-bond acceptors (Lipinski definition) is 4. The SMILES string of the molecule is COc1cccc(C(CO)NC(C)c2ccc(C)o2)c1. The lowest BCUT2D eigenvalue weighted by Crippen LogP contribution is -2.27. The number of aliphatic hydroxyl groups is 1. The Morgan fingerprint density at radius 3 is 2.70 bits per heavy atom. The molecule has 0 fully saturated rings. The van der Waals surface area contributed by atoms with Crippen molar-refractivity contribution in [1.29, 1.82) is 0 Å². The minimum absolute atomic E-state index is 0.0111. The Hall–Kier alpha value is -1.78. The lowest BCUT2D eigenvalue weighted by Gasteiger charge is -2.21. The molecule has 1 heterocycles. The monoisotopic (exact) mass is 275 g/mol. The van der Waals surface area contributed by atoms with E-state index in [2.05, 4.69) is 5.32 Å². The zero-order valence-electron chi connectivity index (χ0n) is 12.1. The normalized spacial score (nSPS) is 14.0. The van der Waals surface area contributed by atoms with E-state index in [1.165, 1.54) is 0 Å². The van der Waals surface area contributed by atoms with Gasteiger partial charge < -0.3 is 14.3 Å². The van der Waals surface area contributed by atoms with Crippen LogP contribution < -0.4 is 10.1 Å². The third-order valence-corrected chi connectivity index (χ3v) is 3.32. The number of aliphatic hydroxyl groups excluding tert-OH is 1. The van der Waals surface area contributed by atoms with Gasteiger partial charge in [-0.15, -0.1) is 0 Å². The minimum atomic E-state index is -0.162. The van der Waals surface area contributed by atoms with Crippen LogP contribution >= 0.6 is 0 Å². The fourth-order valence-corrected chi connectivity index (χ4v) is 2.18. The third kappa shape index (κ3) is 3.40. The highest BCUT2D eigenvalue weighted by molar-refractivity contribution is 5.30. The van der Waals surface area contributed by atoms with Crippen molar-refractivity contribution in [3.05, 3.63) is 53.5 Å². The summed E-state index contributed by atoms with van der Waals surface area (Å²) in [5, 5.41) is 13.0. The predicted octanol–water partition coefficient (Wildman–Crippen LogP) is 2.98. The second-order valence-corrected chi connectivity index (χ2v) is 4.85. The molecule has 2 aromatic rings. The highest BCUT2D eigenvalue weighted by Crippen LogP contribution is 2.23. The fraction of sp³-hybridized carbons (Fsp3) is 0.375. The van der Waals surface area contributed by atoms with Crippen LogP contribution in [0.1, 0.15) is 36.1 Å². The van der Waals surface area contributed by atoms with E-state index in [0.717, 1.165) is 22.8 Å². The summed E-state index contributed by atoms with van der Waals surface area (Å²) in [6.07, 6.45) is 0. The average Bonchev–Trinajstić information content (AvgIpc) is 2.91. The molecule has 4 heteroatoms. The van der Waals surface area contributed by atoms with Crippen LogP contribution in [0.5, 0.6) is 5.75 Å². The van der Waals surface area contributed by atoms with E-state index in [-0.39, 0.29) is 18.7 Å². The molecule has 1 aromatic heterocycles. The topological polar surface area (TPSA) is 54.6 Å². The first-order valence-corrected chi connectivity index (χ1v) is 6.71. The maximum Gasteiger partial charge on any atom is 0.120 e. The molecule has 0 spiro atoms. The van der Waals surface area contributed by atoms with E-state index in [0.29, 0.717) is 0 Å². The summed E-state index contributed by atoms with van der Waals surface area (Å²) >= 11 is 0. The zero-order valence-corrected chi connectivity index (χ0v) is 12.1. The van der Waals surface area contributed by atoms with Crippen molar-refractivity contribution >= 4 is 0 Å². The van der Waals surface area contributed by atoms with Gasteiger partial charge in [0.1, 0.15) is 17.3 Å². The van der Waals surface area contributed by atoms with Gasteiger partial charge in [0, 0.05) is 0 Å². The summed E-state index contributed by atoms with van der Waals surface area (Å²) in [6, 6.07) is 11.4. The van der Waals surface area contributed by atoms with Gasteiger partial charge in [0.05, 0.1) is 25.8 Å². The Morgan fingerprint density at radius 1 is 1.30 bits per heavy atom. The molecule has 20 heavy (non-hydrogen) atoms. The molecule has 0 saturated carbocycles. The van der Waals surface area contributed by atoms with Gasteiger partial charge >= 0.3 is 0 Å². The summed E-state index contributed by atoms with van der Waals surface area (Å²) in [6.45, 7) is 3.94. The molecular formula is C16H21NO3. The maximum atomic E-state index is 9.61. The van der Waals surface area contributed by atoms with Gasteiger partial charge in [0.2, 0.25) is 0 Å². The molecule has 2 rings (SSSR count). The van der Waals surface area contributed by atoms with Gasteiger partial charge in [0.15, 0.2) is 0 Å². The van der Waals surface area contributed by atoms with Crippen molar-refractivity contribution < 1.29 is 14.3 Å². The van der Waals surface area contributed by atoms with Crippen molar-refractivity contribution in [3.8, 4) is 5.75 Å². The van der Waals surface area contributed by atoms with Crippen LogP contribution in [0.3, 0.4) is 0 Å². The maximum absolute atomic E-state index is 9.61. The molecule has 0 aliphatic rings. The number of aryl methyl sites for hydroxylation is 1. The quantitative estimate of drug-likeness (QED) is 0.851. The first-order valence-electron chi connectivity index (χ1n) is 6.71. The molecule has 2 N–H and O–H groups in total. The van der Waals surface area contributed by atoms with Crippen molar-refractivity contribution in [2.24, 2.45) is 0 Å². The first-order chi connectivity index (χ1) is 9.63. The Labute approximate surface area is 119 Å². The molecule has 2 unspecified atom stereocenters. The second kappa shape index (κ2) is 6.59. The number of ether oxygens (including phenoxy) is 1. The molecule has 0 saturated heterocycles. The standard InChI is InChI=1S/C16H21NO3/c1-11-7-8-16(20-11)12(2)17-15(10-18)13-5-4-6-14(9-13)19-3/h4-9,12,15,17-18H,10H2,1-3H3. The highest BCUT2D eigenvalue weighted by atomic mass is 16.5. The van der Waals surface area contributed by atoms with Crippen LogP contribution in [-0.4, -0.2) is 18.8 Å². The number of benzene rings is 1. The molecular weight excluding hydrogens is 254 g/mol. The van der Waals surface area contributed by atoms with E-state index in [4.69, 9.17) is 9.15 Å². The van der Waals surface area contributed by atoms with Gasteiger partial charge in [-0.1, -0.05) is 12.1 Å². The zero-order chi connectivity index (χ0) is 14.5. The molecule has 0 aliphatic carbocycles. The van der Waals surface area contributed by atoms with E-state index in [9.17, 15) is 5.11 Å². The van der Waals surface area contributed by atoms with Crippen molar-refractivity contribution in [1.82, 2.24) is 5.32 Å². The van der Waals surface area contributed by atoms with Gasteiger partial charge in [-0.3, -0.25) is 5.32 Å². The lowest BCUT2D eigenvalue weighted by molar-refractivity contribution is 0.229. The molecule has 0 bridgehead atoms. The van der Waals surface area contributed by atoms with E-state index in [1.54, 1.807) is 7.11 Å². The van der Waals surface area contributed by atoms with Crippen LogP contribution in [0.2, 0.25) is 0 Å². The smallest absolute Gasteiger partial charge is 0.120 e. The number of furan rings is 1. The minimum Gasteiger partial charge on any atom is -0.497 e. The highest BCUT2D eigenvalue weighted by Gasteiger charge is 2.17. The Morgan fingerprint density at radius 2 is 2.10 bits per heavy atom. The third-order valence-electron chi connectivity index (χ3n) is 3.32. The number of rotatable bonds is 6. The van der Waals surface area contributed by atoms with Gasteiger partial charge in [-0.2, -0.15) is 0 Å². The fourth-order valence-electron chi connectivity index (χ4n) is 2.18. The second-order valence-electron chi connectivity index (χ2n) is 4.85. The Bertz CT molecular complexity index is 550. The largest absolute Gasteiger partial charge is 0.497 e. The molecule has 0 radical (unpaired) electrons. The van der Waals surface area contributed by atoms with Crippen LogP contribution in [0.25, 0.3) is 0 Å². The van der Waals surface area contributed by atoms with Gasteiger partial charge in [-0.25, -0.2) is 0 Å². The van der Waals surface area contributed by atoms with E-state index < -0.39 is 0 Å². The number of nitrogens with one attached hydrogen (secondary N) is 1. The Kier molecular flexibility index (Phi) is 4.82. The number of hydrogen-bond donors (Lipinski definition) is 2. The van der Waals surface area contributed by atoms with Crippen molar-refractivity contribution in [3.63, 3.8) is 0 Å². The summed E-state index contributed by atoms with van der Waals surface area (Å²) in [5.41, 5.74) is 0.988. The van der Waals surface area contributed by atoms with Crippen molar-refractivity contribution in [2.45, 2.75) is 25.9 Å². The van der Waals surface area contributed by atoms with Gasteiger partial charge in [0.25, 0.3) is 0 Å². The van der Waals surface area contributed by atoms with E-state index >= 15 is 0 Å². The Balaban J connectivity index is 2.11. The molecule has 2 atom stereocenters. The summed E-state index contributed by atoms with van der Waals surface area (Å²) in [4.78, 5) is 0. The van der Waals surface area contributed by atoms with Crippen LogP contribution in [0.15, 0.2) is 40.8 Å². The predicted molar refractivity (Wildman–Crippen MR) is 77.8 cm³/mol. The molecule has 1 aromatic carbocycles. The van der Waals surface area contributed by atoms with Crippen molar-refractivity contribution in [2.75, 3.05) is 13.7 Å². The number of methoxy groups -OCH3 is 1. The van der Waals surface area contributed by atoms with E-state index in [1.807, 2.05) is 50.2 Å².